The Kier molecular flexibility index (Phi) is 5.70. The number of hydrogen-bond acceptors (Lipinski definition) is 3. The van der Waals surface area contributed by atoms with Crippen LogP contribution in [0.15, 0.2) is 24.3 Å². The van der Waals surface area contributed by atoms with Crippen molar-refractivity contribution in [2.24, 2.45) is 0 Å². The van der Waals surface area contributed by atoms with Crippen LogP contribution in [0.4, 0.5) is 0 Å². The third kappa shape index (κ3) is 3.71. The predicted molar refractivity (Wildman–Crippen MR) is 51.9 cm³/mol. The van der Waals surface area contributed by atoms with Crippen molar-refractivity contribution in [2.45, 2.75) is 6.42 Å². The third-order valence-electron chi connectivity index (χ3n) is 1.46. The number of hydroxylamine groups is 1. The molecule has 0 aliphatic heterocycles. The highest BCUT2D eigenvalue weighted by molar-refractivity contribution is 8.93. The van der Waals surface area contributed by atoms with Gasteiger partial charge in [-0.2, -0.15) is 0 Å². The van der Waals surface area contributed by atoms with E-state index in [1.807, 2.05) is 12.1 Å². The molecule has 68 valence electrons. The second-order valence-electron chi connectivity index (χ2n) is 2.32. The maximum atomic E-state index is 8.92. The van der Waals surface area contributed by atoms with Crippen molar-refractivity contribution in [3.8, 4) is 5.75 Å². The SMILES string of the molecule is Br.ONCCc1ccc(O)cc1. The lowest BCUT2D eigenvalue weighted by Crippen LogP contribution is -2.10. The number of phenols is 1. The van der Waals surface area contributed by atoms with Crippen molar-refractivity contribution in [3.63, 3.8) is 0 Å². The molecule has 0 saturated heterocycles. The number of hydrogen-bond donors (Lipinski definition) is 3. The summed E-state index contributed by atoms with van der Waals surface area (Å²) < 4.78 is 0. The Balaban J connectivity index is 0.00000121. The average Bonchev–Trinajstić information content (AvgIpc) is 2.04. The van der Waals surface area contributed by atoms with Crippen molar-refractivity contribution in [1.29, 1.82) is 0 Å². The first kappa shape index (κ1) is 11.4. The summed E-state index contributed by atoms with van der Waals surface area (Å²) in [6.07, 6.45) is 0.761. The van der Waals surface area contributed by atoms with Gasteiger partial charge in [-0.3, -0.25) is 0 Å². The second kappa shape index (κ2) is 5.99. The van der Waals surface area contributed by atoms with Gasteiger partial charge in [-0.15, -0.1) is 17.0 Å². The quantitative estimate of drug-likeness (QED) is 0.694. The first-order chi connectivity index (χ1) is 5.33. The highest BCUT2D eigenvalue weighted by atomic mass is 79.9. The highest BCUT2D eigenvalue weighted by Gasteiger charge is 1.91. The molecule has 3 nitrogen and oxygen atoms in total. The Morgan fingerprint density at radius 1 is 1.17 bits per heavy atom. The molecule has 0 saturated carbocycles. The van der Waals surface area contributed by atoms with Crippen molar-refractivity contribution in [3.05, 3.63) is 29.8 Å². The molecule has 4 heteroatoms. The molecular formula is C8H12BrNO2. The van der Waals surface area contributed by atoms with Gasteiger partial charge in [0.25, 0.3) is 0 Å². The highest BCUT2D eigenvalue weighted by Crippen LogP contribution is 2.09. The van der Waals surface area contributed by atoms with Crippen LogP contribution < -0.4 is 5.48 Å². The van der Waals surface area contributed by atoms with Crippen LogP contribution in [0.5, 0.6) is 5.75 Å². The van der Waals surface area contributed by atoms with Gasteiger partial charge in [-0.05, 0) is 24.1 Å². The molecule has 0 fully saturated rings. The Labute approximate surface area is 81.8 Å². The zero-order valence-electron chi connectivity index (χ0n) is 6.53. The number of nitrogens with one attached hydrogen (secondary N) is 1. The molecule has 12 heavy (non-hydrogen) atoms. The lowest BCUT2D eigenvalue weighted by atomic mass is 10.1. The van der Waals surface area contributed by atoms with Crippen LogP contribution >= 0.6 is 17.0 Å². The van der Waals surface area contributed by atoms with Crippen LogP contribution in [0.3, 0.4) is 0 Å². The molecule has 0 aromatic heterocycles. The maximum Gasteiger partial charge on any atom is 0.115 e. The van der Waals surface area contributed by atoms with Gasteiger partial charge >= 0.3 is 0 Å². The molecule has 0 aliphatic rings. The van der Waals surface area contributed by atoms with E-state index in [1.165, 1.54) is 0 Å². The lowest BCUT2D eigenvalue weighted by molar-refractivity contribution is 0.168. The molecule has 0 atom stereocenters. The Morgan fingerprint density at radius 2 is 1.75 bits per heavy atom. The summed E-state index contributed by atoms with van der Waals surface area (Å²) in [5.41, 5.74) is 3.16. The molecule has 0 heterocycles. The van der Waals surface area contributed by atoms with Gasteiger partial charge in [0.05, 0.1) is 0 Å². The van der Waals surface area contributed by atoms with Crippen LogP contribution in [-0.4, -0.2) is 16.9 Å². The fourth-order valence-electron chi connectivity index (χ4n) is 0.863. The second-order valence-corrected chi connectivity index (χ2v) is 2.32. The van der Waals surface area contributed by atoms with Crippen LogP contribution in [0, 0.1) is 0 Å². The Morgan fingerprint density at radius 3 is 2.25 bits per heavy atom. The zero-order valence-corrected chi connectivity index (χ0v) is 8.24. The van der Waals surface area contributed by atoms with Crippen molar-refractivity contribution < 1.29 is 10.3 Å². The van der Waals surface area contributed by atoms with Gasteiger partial charge in [-0.1, -0.05) is 12.1 Å². The molecule has 0 aliphatic carbocycles. The fraction of sp³-hybridized carbons (Fsp3) is 0.250. The first-order valence-corrected chi connectivity index (χ1v) is 3.48. The van der Waals surface area contributed by atoms with Gasteiger partial charge in [0, 0.05) is 6.54 Å². The van der Waals surface area contributed by atoms with Gasteiger partial charge in [0.1, 0.15) is 5.75 Å². The molecule has 1 aromatic rings. The summed E-state index contributed by atoms with van der Waals surface area (Å²) in [6.45, 7) is 0.533. The smallest absolute Gasteiger partial charge is 0.115 e. The number of aromatic hydroxyl groups is 1. The minimum absolute atomic E-state index is 0. The average molecular weight is 234 g/mol. The van der Waals surface area contributed by atoms with Crippen molar-refractivity contribution >= 4 is 17.0 Å². The molecule has 0 bridgehead atoms. The van der Waals surface area contributed by atoms with Crippen LogP contribution in [-0.2, 0) is 6.42 Å². The maximum absolute atomic E-state index is 8.92. The van der Waals surface area contributed by atoms with E-state index in [0.29, 0.717) is 6.54 Å². The number of phenolic OH excluding ortho intramolecular Hbond substituents is 1. The first-order valence-electron chi connectivity index (χ1n) is 3.48. The van der Waals surface area contributed by atoms with E-state index in [9.17, 15) is 0 Å². The zero-order chi connectivity index (χ0) is 8.10. The van der Waals surface area contributed by atoms with Crippen LogP contribution in [0.25, 0.3) is 0 Å². The predicted octanol–water partition coefficient (Wildman–Crippen LogP) is 1.49. The van der Waals surface area contributed by atoms with E-state index in [0.717, 1.165) is 12.0 Å². The summed E-state index contributed by atoms with van der Waals surface area (Å²) in [5.74, 6) is 0.269. The fourth-order valence-corrected chi connectivity index (χ4v) is 0.863. The topological polar surface area (TPSA) is 52.5 Å². The third-order valence-corrected chi connectivity index (χ3v) is 1.46. The molecule has 3 N–H and O–H groups in total. The van der Waals surface area contributed by atoms with E-state index in [4.69, 9.17) is 10.3 Å². The van der Waals surface area contributed by atoms with E-state index in [2.05, 4.69) is 5.48 Å². The number of halogens is 1. The summed E-state index contributed by atoms with van der Waals surface area (Å²) in [4.78, 5) is 0. The van der Waals surface area contributed by atoms with E-state index >= 15 is 0 Å². The number of benzene rings is 1. The normalized spacial score (nSPS) is 9.08. The van der Waals surface area contributed by atoms with Gasteiger partial charge in [0.15, 0.2) is 0 Å². The Hall–Kier alpha value is -0.580. The molecule has 0 unspecified atom stereocenters. The molecule has 1 aromatic carbocycles. The van der Waals surface area contributed by atoms with Gasteiger partial charge in [0.2, 0.25) is 0 Å². The summed E-state index contributed by atoms with van der Waals surface area (Å²) in [7, 11) is 0. The van der Waals surface area contributed by atoms with E-state index < -0.39 is 0 Å². The van der Waals surface area contributed by atoms with E-state index in [1.54, 1.807) is 12.1 Å². The molecular weight excluding hydrogens is 222 g/mol. The summed E-state index contributed by atoms with van der Waals surface area (Å²) in [6, 6.07) is 6.92. The standard InChI is InChI=1S/C8H11NO2.BrH/c10-8-3-1-7(2-4-8)5-6-9-11;/h1-4,9-11H,5-6H2;1H. The van der Waals surface area contributed by atoms with Gasteiger partial charge in [-0.25, -0.2) is 5.48 Å². The van der Waals surface area contributed by atoms with Crippen LogP contribution in [0.2, 0.25) is 0 Å². The largest absolute Gasteiger partial charge is 0.508 e. The molecule has 0 radical (unpaired) electrons. The molecule has 0 spiro atoms. The van der Waals surface area contributed by atoms with Crippen molar-refractivity contribution in [1.82, 2.24) is 5.48 Å². The summed E-state index contributed by atoms with van der Waals surface area (Å²) in [5, 5.41) is 17.2. The minimum Gasteiger partial charge on any atom is -0.508 e. The van der Waals surface area contributed by atoms with Crippen LogP contribution in [0.1, 0.15) is 5.56 Å². The minimum atomic E-state index is 0. The van der Waals surface area contributed by atoms with E-state index in [-0.39, 0.29) is 22.7 Å². The monoisotopic (exact) mass is 233 g/mol. The molecule has 1 rings (SSSR count). The lowest BCUT2D eigenvalue weighted by Gasteiger charge is -1.98. The van der Waals surface area contributed by atoms with Gasteiger partial charge < -0.3 is 10.3 Å². The Bertz CT molecular complexity index is 213. The summed E-state index contributed by atoms with van der Waals surface area (Å²) >= 11 is 0. The molecule has 0 amide bonds. The van der Waals surface area contributed by atoms with Crippen molar-refractivity contribution in [2.75, 3.05) is 6.54 Å². The number of rotatable bonds is 3.